The minimum atomic E-state index is -0.0957. The molecule has 0 radical (unpaired) electrons. The quantitative estimate of drug-likeness (QED) is 0.806. The van der Waals surface area contributed by atoms with E-state index in [1.54, 1.807) is 6.07 Å². The molecule has 0 aliphatic carbocycles. The molecule has 0 heterocycles. The number of hydrogen-bond donors (Lipinski definition) is 2. The van der Waals surface area contributed by atoms with Crippen molar-refractivity contribution in [3.8, 4) is 0 Å². The standard InChI is InChI=1S/C16H18N2O/c1-10-4-6-14(11(2)8-10)16(19)18-13-5-7-15(17)12(3)9-13/h4-9H,17H2,1-3H3,(H,18,19). The van der Waals surface area contributed by atoms with Crippen LogP contribution in [0.5, 0.6) is 0 Å². The lowest BCUT2D eigenvalue weighted by Crippen LogP contribution is -2.13. The Morgan fingerprint density at radius 1 is 1.00 bits per heavy atom. The fourth-order valence-corrected chi connectivity index (χ4v) is 2.02. The maximum absolute atomic E-state index is 12.2. The lowest BCUT2D eigenvalue weighted by molar-refractivity contribution is 0.102. The number of anilines is 2. The number of hydrogen-bond acceptors (Lipinski definition) is 2. The zero-order chi connectivity index (χ0) is 14.0. The Hall–Kier alpha value is -2.29. The highest BCUT2D eigenvalue weighted by Crippen LogP contribution is 2.18. The fourth-order valence-electron chi connectivity index (χ4n) is 2.02. The third-order valence-corrected chi connectivity index (χ3v) is 3.15. The van der Waals surface area contributed by atoms with Crippen LogP contribution in [0, 0.1) is 20.8 Å². The fraction of sp³-hybridized carbons (Fsp3) is 0.188. The number of amides is 1. The highest BCUT2D eigenvalue weighted by atomic mass is 16.1. The average Bonchev–Trinajstić information content (AvgIpc) is 2.33. The lowest BCUT2D eigenvalue weighted by atomic mass is 10.0. The summed E-state index contributed by atoms with van der Waals surface area (Å²) in [6, 6.07) is 11.3. The molecule has 0 aliphatic heterocycles. The summed E-state index contributed by atoms with van der Waals surface area (Å²) < 4.78 is 0. The van der Waals surface area contributed by atoms with Crippen LogP contribution >= 0.6 is 0 Å². The van der Waals surface area contributed by atoms with Gasteiger partial charge < -0.3 is 11.1 Å². The van der Waals surface area contributed by atoms with Crippen LogP contribution in [0.2, 0.25) is 0 Å². The predicted molar refractivity (Wildman–Crippen MR) is 79.5 cm³/mol. The molecular formula is C16H18N2O. The topological polar surface area (TPSA) is 55.1 Å². The van der Waals surface area contributed by atoms with Crippen LogP contribution in [0.4, 0.5) is 11.4 Å². The van der Waals surface area contributed by atoms with Crippen LogP contribution in [-0.4, -0.2) is 5.91 Å². The molecule has 19 heavy (non-hydrogen) atoms. The van der Waals surface area contributed by atoms with Crippen molar-refractivity contribution in [1.82, 2.24) is 0 Å². The molecular weight excluding hydrogens is 236 g/mol. The van der Waals surface area contributed by atoms with E-state index in [0.717, 1.165) is 28.1 Å². The number of nitrogen functional groups attached to an aromatic ring is 1. The van der Waals surface area contributed by atoms with Crippen molar-refractivity contribution in [2.24, 2.45) is 0 Å². The van der Waals surface area contributed by atoms with Crippen LogP contribution in [0.3, 0.4) is 0 Å². The van der Waals surface area contributed by atoms with Gasteiger partial charge in [0, 0.05) is 16.9 Å². The molecule has 3 nitrogen and oxygen atoms in total. The Kier molecular flexibility index (Phi) is 3.56. The second kappa shape index (κ2) is 5.14. The molecule has 0 unspecified atom stereocenters. The van der Waals surface area contributed by atoms with E-state index in [2.05, 4.69) is 5.32 Å². The molecule has 3 N–H and O–H groups in total. The summed E-state index contributed by atoms with van der Waals surface area (Å²) in [5.41, 5.74) is 11.0. The van der Waals surface area contributed by atoms with Crippen LogP contribution in [-0.2, 0) is 0 Å². The molecule has 0 aromatic heterocycles. The van der Waals surface area contributed by atoms with Crippen LogP contribution in [0.1, 0.15) is 27.0 Å². The number of carbonyl (C=O) groups is 1. The first-order valence-corrected chi connectivity index (χ1v) is 6.22. The van der Waals surface area contributed by atoms with Gasteiger partial charge in [-0.15, -0.1) is 0 Å². The van der Waals surface area contributed by atoms with Crippen LogP contribution in [0.15, 0.2) is 36.4 Å². The third-order valence-electron chi connectivity index (χ3n) is 3.15. The zero-order valence-electron chi connectivity index (χ0n) is 11.4. The number of nitrogens with one attached hydrogen (secondary N) is 1. The molecule has 1 amide bonds. The summed E-state index contributed by atoms with van der Waals surface area (Å²) in [5.74, 6) is -0.0957. The summed E-state index contributed by atoms with van der Waals surface area (Å²) in [5, 5.41) is 2.89. The molecule has 2 aromatic rings. The van der Waals surface area contributed by atoms with E-state index in [4.69, 9.17) is 5.73 Å². The molecule has 98 valence electrons. The zero-order valence-corrected chi connectivity index (χ0v) is 11.4. The summed E-state index contributed by atoms with van der Waals surface area (Å²) in [6.45, 7) is 5.87. The van der Waals surface area contributed by atoms with E-state index in [0.29, 0.717) is 5.56 Å². The first-order valence-electron chi connectivity index (χ1n) is 6.22. The van der Waals surface area contributed by atoms with Crippen molar-refractivity contribution in [3.05, 3.63) is 58.7 Å². The lowest BCUT2D eigenvalue weighted by Gasteiger charge is -2.10. The van der Waals surface area contributed by atoms with Gasteiger partial charge in [-0.3, -0.25) is 4.79 Å². The van der Waals surface area contributed by atoms with Gasteiger partial charge in [0.15, 0.2) is 0 Å². The highest BCUT2D eigenvalue weighted by molar-refractivity contribution is 6.05. The smallest absolute Gasteiger partial charge is 0.255 e. The van der Waals surface area contributed by atoms with Gasteiger partial charge in [0.1, 0.15) is 0 Å². The molecule has 2 aromatic carbocycles. The maximum atomic E-state index is 12.2. The molecule has 3 heteroatoms. The van der Waals surface area contributed by atoms with Gasteiger partial charge in [-0.25, -0.2) is 0 Å². The second-order valence-electron chi connectivity index (χ2n) is 4.84. The van der Waals surface area contributed by atoms with Crippen LogP contribution in [0.25, 0.3) is 0 Å². The Balaban J connectivity index is 2.23. The number of benzene rings is 2. The minimum absolute atomic E-state index is 0.0957. The van der Waals surface area contributed by atoms with Crippen LogP contribution < -0.4 is 11.1 Å². The Morgan fingerprint density at radius 3 is 2.37 bits per heavy atom. The molecule has 0 fully saturated rings. The van der Waals surface area contributed by atoms with Gasteiger partial charge in [-0.1, -0.05) is 17.7 Å². The highest BCUT2D eigenvalue weighted by Gasteiger charge is 2.09. The summed E-state index contributed by atoms with van der Waals surface area (Å²) >= 11 is 0. The molecule has 0 bridgehead atoms. The Morgan fingerprint density at radius 2 is 1.74 bits per heavy atom. The molecule has 0 aliphatic rings. The van der Waals surface area contributed by atoms with Gasteiger partial charge in [0.2, 0.25) is 0 Å². The monoisotopic (exact) mass is 254 g/mol. The summed E-state index contributed by atoms with van der Waals surface area (Å²) in [4.78, 5) is 12.2. The molecule has 0 atom stereocenters. The van der Waals surface area contributed by atoms with Gasteiger partial charge >= 0.3 is 0 Å². The van der Waals surface area contributed by atoms with E-state index in [1.807, 2.05) is 51.1 Å². The van der Waals surface area contributed by atoms with E-state index < -0.39 is 0 Å². The Labute approximate surface area is 113 Å². The number of rotatable bonds is 2. The van der Waals surface area contributed by atoms with Gasteiger partial charge in [-0.2, -0.15) is 0 Å². The van der Waals surface area contributed by atoms with Crippen molar-refractivity contribution in [1.29, 1.82) is 0 Å². The normalized spacial score (nSPS) is 10.3. The van der Waals surface area contributed by atoms with Crippen molar-refractivity contribution in [2.45, 2.75) is 20.8 Å². The van der Waals surface area contributed by atoms with E-state index in [-0.39, 0.29) is 5.91 Å². The first kappa shape index (κ1) is 13.1. The van der Waals surface area contributed by atoms with Crippen molar-refractivity contribution in [3.63, 3.8) is 0 Å². The van der Waals surface area contributed by atoms with Crippen molar-refractivity contribution < 1.29 is 4.79 Å². The number of carbonyl (C=O) groups excluding carboxylic acids is 1. The van der Waals surface area contributed by atoms with Crippen molar-refractivity contribution in [2.75, 3.05) is 11.1 Å². The van der Waals surface area contributed by atoms with Gasteiger partial charge in [0.25, 0.3) is 5.91 Å². The largest absolute Gasteiger partial charge is 0.399 e. The van der Waals surface area contributed by atoms with E-state index in [1.165, 1.54) is 0 Å². The van der Waals surface area contributed by atoms with Gasteiger partial charge in [-0.05, 0) is 56.2 Å². The average molecular weight is 254 g/mol. The minimum Gasteiger partial charge on any atom is -0.399 e. The molecule has 2 rings (SSSR count). The number of aryl methyl sites for hydroxylation is 3. The van der Waals surface area contributed by atoms with E-state index in [9.17, 15) is 4.79 Å². The first-order chi connectivity index (χ1) is 8.97. The molecule has 0 spiro atoms. The van der Waals surface area contributed by atoms with Gasteiger partial charge in [0.05, 0.1) is 0 Å². The molecule has 0 saturated heterocycles. The second-order valence-corrected chi connectivity index (χ2v) is 4.84. The molecule has 0 saturated carbocycles. The predicted octanol–water partition coefficient (Wildman–Crippen LogP) is 3.45. The maximum Gasteiger partial charge on any atom is 0.255 e. The summed E-state index contributed by atoms with van der Waals surface area (Å²) in [7, 11) is 0. The SMILES string of the molecule is Cc1ccc(C(=O)Nc2ccc(N)c(C)c2)c(C)c1. The summed E-state index contributed by atoms with van der Waals surface area (Å²) in [6.07, 6.45) is 0. The third kappa shape index (κ3) is 2.94. The Bertz CT molecular complexity index is 633. The van der Waals surface area contributed by atoms with E-state index >= 15 is 0 Å². The van der Waals surface area contributed by atoms with Crippen molar-refractivity contribution >= 4 is 17.3 Å². The number of nitrogens with two attached hydrogens (primary N) is 1.